The molecular weight excluding hydrogens is 290 g/mol. The van der Waals surface area contributed by atoms with Crippen LogP contribution >= 0.6 is 15.9 Å². The first-order valence-corrected chi connectivity index (χ1v) is 6.78. The van der Waals surface area contributed by atoms with Crippen LogP contribution in [0.25, 0.3) is 10.8 Å². The minimum Gasteiger partial charge on any atom is -0.363 e. The topological polar surface area (TPSA) is 50.9 Å². The Labute approximate surface area is 116 Å². The van der Waals surface area contributed by atoms with Gasteiger partial charge in [0.05, 0.1) is 0 Å². The number of nitrogens with zero attached hydrogens (tertiary/aromatic N) is 1. The number of fused-ring (bicyclic) bond motifs is 1. The maximum atomic E-state index is 5.99. The molecule has 0 radical (unpaired) electrons. The van der Waals surface area contributed by atoms with E-state index in [1.807, 2.05) is 31.3 Å². The van der Waals surface area contributed by atoms with Crippen molar-refractivity contribution in [3.05, 3.63) is 34.9 Å². The van der Waals surface area contributed by atoms with Gasteiger partial charge in [0, 0.05) is 33.0 Å². The summed E-state index contributed by atoms with van der Waals surface area (Å²) < 4.78 is 1.07. The van der Waals surface area contributed by atoms with Crippen molar-refractivity contribution in [2.24, 2.45) is 5.73 Å². The number of anilines is 1. The van der Waals surface area contributed by atoms with Gasteiger partial charge in [-0.1, -0.05) is 28.1 Å². The molecule has 2 aromatic rings. The van der Waals surface area contributed by atoms with E-state index in [9.17, 15) is 0 Å². The largest absolute Gasteiger partial charge is 0.363 e. The molecule has 1 heterocycles. The first kappa shape index (κ1) is 13.3. The Morgan fingerprint density at radius 3 is 2.67 bits per heavy atom. The maximum absolute atomic E-state index is 5.99. The average Bonchev–Trinajstić information content (AvgIpc) is 2.30. The number of nitrogens with two attached hydrogens (primary N) is 1. The maximum Gasteiger partial charge on any atom is 0.134 e. The second-order valence-electron chi connectivity index (χ2n) is 5.13. The molecule has 0 bridgehead atoms. The Hall–Kier alpha value is -1.13. The van der Waals surface area contributed by atoms with Gasteiger partial charge in [0.1, 0.15) is 5.82 Å². The molecule has 0 aliphatic rings. The molecule has 0 spiro atoms. The predicted molar refractivity (Wildman–Crippen MR) is 80.8 cm³/mol. The number of halogens is 1. The van der Waals surface area contributed by atoms with E-state index >= 15 is 0 Å². The second kappa shape index (κ2) is 4.86. The van der Waals surface area contributed by atoms with Crippen LogP contribution in [-0.2, 0) is 0 Å². The molecule has 1 unspecified atom stereocenters. The van der Waals surface area contributed by atoms with Crippen molar-refractivity contribution >= 4 is 32.5 Å². The van der Waals surface area contributed by atoms with Gasteiger partial charge in [0.15, 0.2) is 0 Å². The molecule has 1 atom stereocenters. The highest BCUT2D eigenvalue weighted by Gasteiger charge is 2.23. The molecule has 2 rings (SSSR count). The normalized spacial score (nSPS) is 13.6. The van der Waals surface area contributed by atoms with Gasteiger partial charge in [0.2, 0.25) is 0 Å². The molecule has 1 aromatic carbocycles. The first-order chi connectivity index (χ1) is 8.42. The average molecular weight is 308 g/mol. The van der Waals surface area contributed by atoms with E-state index in [1.165, 1.54) is 0 Å². The molecule has 18 heavy (non-hydrogen) atoms. The van der Waals surface area contributed by atoms with Crippen LogP contribution in [0.5, 0.6) is 0 Å². The van der Waals surface area contributed by atoms with E-state index in [1.54, 1.807) is 0 Å². The van der Waals surface area contributed by atoms with E-state index < -0.39 is 0 Å². The summed E-state index contributed by atoms with van der Waals surface area (Å²) in [5, 5.41) is 5.68. The van der Waals surface area contributed by atoms with Crippen molar-refractivity contribution in [3.63, 3.8) is 0 Å². The van der Waals surface area contributed by atoms with Crippen LogP contribution in [0.15, 0.2) is 34.9 Å². The van der Waals surface area contributed by atoms with Crippen LogP contribution in [0, 0.1) is 0 Å². The van der Waals surface area contributed by atoms with Crippen LogP contribution in [-0.4, -0.2) is 16.6 Å². The monoisotopic (exact) mass is 307 g/mol. The third kappa shape index (κ3) is 2.49. The third-order valence-corrected chi connectivity index (χ3v) is 4.02. The number of hydrogen-bond acceptors (Lipinski definition) is 3. The van der Waals surface area contributed by atoms with Crippen molar-refractivity contribution < 1.29 is 0 Å². The zero-order chi connectivity index (χ0) is 13.3. The molecular formula is C14H18BrN3. The molecule has 3 nitrogen and oxygen atoms in total. The van der Waals surface area contributed by atoms with Crippen molar-refractivity contribution in [2.75, 3.05) is 5.32 Å². The summed E-state index contributed by atoms with van der Waals surface area (Å²) in [6, 6.07) is 8.14. The summed E-state index contributed by atoms with van der Waals surface area (Å²) in [4.78, 5) is 4.43. The predicted octanol–water partition coefficient (Wildman–Crippen LogP) is 3.54. The number of pyridine rings is 1. The highest BCUT2D eigenvalue weighted by molar-refractivity contribution is 9.10. The first-order valence-electron chi connectivity index (χ1n) is 5.99. The lowest BCUT2D eigenvalue weighted by Crippen LogP contribution is -2.47. The Morgan fingerprint density at radius 1 is 1.28 bits per heavy atom. The number of hydrogen-bond donors (Lipinski definition) is 2. The number of rotatable bonds is 3. The van der Waals surface area contributed by atoms with E-state index in [0.717, 1.165) is 21.1 Å². The molecule has 0 amide bonds. The zero-order valence-electron chi connectivity index (χ0n) is 10.9. The van der Waals surface area contributed by atoms with Gasteiger partial charge in [-0.2, -0.15) is 0 Å². The lowest BCUT2D eigenvalue weighted by atomic mass is 9.96. The lowest BCUT2D eigenvalue weighted by molar-refractivity contribution is 0.469. The van der Waals surface area contributed by atoms with Crippen LogP contribution in [0.2, 0.25) is 0 Å². The van der Waals surface area contributed by atoms with Crippen molar-refractivity contribution in [3.8, 4) is 0 Å². The van der Waals surface area contributed by atoms with Gasteiger partial charge in [-0.05, 0) is 32.9 Å². The van der Waals surface area contributed by atoms with Crippen molar-refractivity contribution in [1.82, 2.24) is 4.98 Å². The van der Waals surface area contributed by atoms with Gasteiger partial charge in [-0.3, -0.25) is 0 Å². The highest BCUT2D eigenvalue weighted by Crippen LogP contribution is 2.29. The van der Waals surface area contributed by atoms with Gasteiger partial charge in [-0.25, -0.2) is 4.98 Å². The molecule has 96 valence electrons. The summed E-state index contributed by atoms with van der Waals surface area (Å²) in [5.41, 5.74) is 5.79. The van der Waals surface area contributed by atoms with Gasteiger partial charge in [-0.15, -0.1) is 0 Å². The fraction of sp³-hybridized carbons (Fsp3) is 0.357. The molecule has 0 saturated carbocycles. The summed E-state index contributed by atoms with van der Waals surface area (Å²) >= 11 is 3.56. The molecule has 1 aromatic heterocycles. The minimum absolute atomic E-state index is 0.0294. The molecule has 0 aliphatic heterocycles. The van der Waals surface area contributed by atoms with Crippen molar-refractivity contribution in [2.45, 2.75) is 32.4 Å². The van der Waals surface area contributed by atoms with Gasteiger partial charge < -0.3 is 11.1 Å². The fourth-order valence-corrected chi connectivity index (χ4v) is 2.19. The highest BCUT2D eigenvalue weighted by atomic mass is 79.9. The van der Waals surface area contributed by atoms with Crippen LogP contribution < -0.4 is 11.1 Å². The summed E-state index contributed by atoms with van der Waals surface area (Å²) in [5.74, 6) is 0.871. The van der Waals surface area contributed by atoms with E-state index in [4.69, 9.17) is 5.73 Å². The Bertz CT molecular complexity index is 564. The van der Waals surface area contributed by atoms with Crippen LogP contribution in [0.1, 0.15) is 20.8 Å². The molecule has 0 aliphatic carbocycles. The van der Waals surface area contributed by atoms with Gasteiger partial charge in [0.25, 0.3) is 0 Å². The lowest BCUT2D eigenvalue weighted by Gasteiger charge is -2.31. The van der Waals surface area contributed by atoms with E-state index in [-0.39, 0.29) is 11.6 Å². The molecule has 0 fully saturated rings. The van der Waals surface area contributed by atoms with E-state index in [2.05, 4.69) is 46.1 Å². The quantitative estimate of drug-likeness (QED) is 0.912. The molecule has 0 saturated heterocycles. The third-order valence-electron chi connectivity index (χ3n) is 3.33. The van der Waals surface area contributed by atoms with E-state index in [0.29, 0.717) is 0 Å². The standard InChI is InChI=1S/C14H18BrN3/c1-9(16)14(2,3)18-13-11-5-4-6-12(15)10(11)7-8-17-13/h4-9H,16H2,1-3H3,(H,17,18). The Morgan fingerprint density at radius 2 is 2.00 bits per heavy atom. The smallest absolute Gasteiger partial charge is 0.134 e. The van der Waals surface area contributed by atoms with Crippen molar-refractivity contribution in [1.29, 1.82) is 0 Å². The van der Waals surface area contributed by atoms with Crippen LogP contribution in [0.3, 0.4) is 0 Å². The number of benzene rings is 1. The Balaban J connectivity index is 2.49. The summed E-state index contributed by atoms with van der Waals surface area (Å²) in [6.45, 7) is 6.15. The molecule has 3 N–H and O–H groups in total. The minimum atomic E-state index is -0.205. The number of aromatic nitrogens is 1. The fourth-order valence-electron chi connectivity index (χ4n) is 1.69. The second-order valence-corrected chi connectivity index (χ2v) is 5.98. The molecule has 4 heteroatoms. The summed E-state index contributed by atoms with van der Waals surface area (Å²) in [6.07, 6.45) is 1.81. The van der Waals surface area contributed by atoms with Gasteiger partial charge >= 0.3 is 0 Å². The SMILES string of the molecule is CC(N)C(C)(C)Nc1nccc2c(Br)cccc12. The van der Waals surface area contributed by atoms with Crippen LogP contribution in [0.4, 0.5) is 5.82 Å². The number of nitrogens with one attached hydrogen (secondary N) is 1. The zero-order valence-corrected chi connectivity index (χ0v) is 12.5. The summed E-state index contributed by atoms with van der Waals surface area (Å²) in [7, 11) is 0. The Kier molecular flexibility index (Phi) is 3.59.